The van der Waals surface area contributed by atoms with E-state index in [0.29, 0.717) is 12.8 Å². The molecule has 2 rings (SSSR count). The first-order valence-electron chi connectivity index (χ1n) is 5.91. The number of carbonyl (C=O) groups excluding carboxylic acids is 1. The molecule has 0 unspecified atom stereocenters. The molecule has 0 atom stereocenters. The third-order valence-corrected chi connectivity index (χ3v) is 2.97. The van der Waals surface area contributed by atoms with Gasteiger partial charge in [0.2, 0.25) is 5.91 Å². The molecule has 18 heavy (non-hydrogen) atoms. The van der Waals surface area contributed by atoms with Gasteiger partial charge >= 0.3 is 0 Å². The first-order valence-corrected chi connectivity index (χ1v) is 5.91. The van der Waals surface area contributed by atoms with E-state index in [1.807, 2.05) is 32.0 Å². The maximum Gasteiger partial charge on any atom is 0.224 e. The predicted octanol–water partition coefficient (Wildman–Crippen LogP) is 2.90. The maximum atomic E-state index is 11.8. The minimum Gasteiger partial charge on any atom is -0.497 e. The van der Waals surface area contributed by atoms with E-state index in [1.165, 1.54) is 0 Å². The topological polar surface area (TPSA) is 63.0 Å². The highest BCUT2D eigenvalue weighted by Gasteiger charge is 2.33. The molecule has 0 fully saturated rings. The SMILES string of the molecule is COc1ccc(NC(=O)CCC2(C)N=N2)c(C)c1. The van der Waals surface area contributed by atoms with E-state index in [-0.39, 0.29) is 11.6 Å². The Balaban J connectivity index is 1.90. The molecule has 0 spiro atoms. The lowest BCUT2D eigenvalue weighted by molar-refractivity contribution is -0.116. The van der Waals surface area contributed by atoms with Gasteiger partial charge in [0.05, 0.1) is 7.11 Å². The molecule has 0 aliphatic carbocycles. The van der Waals surface area contributed by atoms with E-state index >= 15 is 0 Å². The van der Waals surface area contributed by atoms with Crippen LogP contribution in [0.3, 0.4) is 0 Å². The Bertz CT molecular complexity index is 491. The number of anilines is 1. The molecule has 1 aromatic rings. The molecule has 0 radical (unpaired) electrons. The normalized spacial score (nSPS) is 15.3. The number of carbonyl (C=O) groups is 1. The van der Waals surface area contributed by atoms with Crippen molar-refractivity contribution in [2.75, 3.05) is 12.4 Å². The lowest BCUT2D eigenvalue weighted by Crippen LogP contribution is -2.15. The number of nitrogens with zero attached hydrogens (tertiary/aromatic N) is 2. The van der Waals surface area contributed by atoms with Crippen LogP contribution < -0.4 is 10.1 Å². The van der Waals surface area contributed by atoms with Crippen molar-refractivity contribution in [2.45, 2.75) is 32.4 Å². The number of methoxy groups -OCH3 is 1. The van der Waals surface area contributed by atoms with Gasteiger partial charge in [-0.3, -0.25) is 4.79 Å². The smallest absolute Gasteiger partial charge is 0.224 e. The fourth-order valence-corrected chi connectivity index (χ4v) is 1.65. The Hall–Kier alpha value is -1.91. The van der Waals surface area contributed by atoms with E-state index in [1.54, 1.807) is 7.11 Å². The number of hydrogen-bond acceptors (Lipinski definition) is 4. The van der Waals surface area contributed by atoms with Gasteiger partial charge in [-0.05, 0) is 37.6 Å². The Morgan fingerprint density at radius 2 is 2.17 bits per heavy atom. The van der Waals surface area contributed by atoms with Gasteiger partial charge in [-0.25, -0.2) is 0 Å². The second kappa shape index (κ2) is 4.76. The number of rotatable bonds is 5. The molecule has 5 nitrogen and oxygen atoms in total. The van der Waals surface area contributed by atoms with Crippen LogP contribution in [0.4, 0.5) is 5.69 Å². The van der Waals surface area contributed by atoms with Gasteiger partial charge in [0, 0.05) is 18.5 Å². The molecule has 0 saturated heterocycles. The van der Waals surface area contributed by atoms with Crippen LogP contribution in [0.2, 0.25) is 0 Å². The van der Waals surface area contributed by atoms with E-state index in [9.17, 15) is 4.79 Å². The van der Waals surface area contributed by atoms with E-state index < -0.39 is 0 Å². The van der Waals surface area contributed by atoms with Crippen molar-refractivity contribution in [2.24, 2.45) is 10.2 Å². The van der Waals surface area contributed by atoms with Crippen molar-refractivity contribution in [1.82, 2.24) is 0 Å². The number of amides is 1. The number of hydrogen-bond donors (Lipinski definition) is 1. The minimum atomic E-state index is -0.313. The van der Waals surface area contributed by atoms with E-state index in [4.69, 9.17) is 4.74 Å². The standard InChI is InChI=1S/C13H17N3O2/c1-9-8-10(18-3)4-5-11(9)14-12(17)6-7-13(2)15-16-13/h4-5,8H,6-7H2,1-3H3,(H,14,17). The molecule has 1 aliphatic heterocycles. The lowest BCUT2D eigenvalue weighted by atomic mass is 10.1. The third-order valence-electron chi connectivity index (χ3n) is 2.97. The van der Waals surface area contributed by atoms with Gasteiger partial charge in [-0.15, -0.1) is 0 Å². The van der Waals surface area contributed by atoms with Gasteiger partial charge in [0.1, 0.15) is 5.75 Å². The van der Waals surface area contributed by atoms with E-state index in [0.717, 1.165) is 17.0 Å². The molecule has 5 heteroatoms. The van der Waals surface area contributed by atoms with Crippen LogP contribution in [0, 0.1) is 6.92 Å². The highest BCUT2D eigenvalue weighted by molar-refractivity contribution is 5.91. The third kappa shape index (κ3) is 3.06. The summed E-state index contributed by atoms with van der Waals surface area (Å²) in [7, 11) is 1.62. The fraction of sp³-hybridized carbons (Fsp3) is 0.462. The summed E-state index contributed by atoms with van der Waals surface area (Å²) in [6.45, 7) is 3.85. The second-order valence-corrected chi connectivity index (χ2v) is 4.65. The lowest BCUT2D eigenvalue weighted by Gasteiger charge is -2.10. The molecule has 96 valence electrons. The Labute approximate surface area is 106 Å². The molecular formula is C13H17N3O2. The Morgan fingerprint density at radius 1 is 1.44 bits per heavy atom. The summed E-state index contributed by atoms with van der Waals surface area (Å²) in [4.78, 5) is 11.8. The maximum absolute atomic E-state index is 11.8. The second-order valence-electron chi connectivity index (χ2n) is 4.65. The average molecular weight is 247 g/mol. The highest BCUT2D eigenvalue weighted by Crippen LogP contribution is 2.32. The zero-order valence-corrected chi connectivity index (χ0v) is 10.9. The van der Waals surface area contributed by atoms with Crippen LogP contribution in [0.25, 0.3) is 0 Å². The van der Waals surface area contributed by atoms with Gasteiger partial charge < -0.3 is 10.1 Å². The van der Waals surface area contributed by atoms with Crippen molar-refractivity contribution >= 4 is 11.6 Å². The van der Waals surface area contributed by atoms with Crippen molar-refractivity contribution in [1.29, 1.82) is 0 Å². The van der Waals surface area contributed by atoms with Crippen LogP contribution >= 0.6 is 0 Å². The van der Waals surface area contributed by atoms with Gasteiger partial charge in [-0.1, -0.05) is 0 Å². The monoisotopic (exact) mass is 247 g/mol. The summed E-state index contributed by atoms with van der Waals surface area (Å²) in [5.74, 6) is 0.774. The summed E-state index contributed by atoms with van der Waals surface area (Å²) >= 11 is 0. The van der Waals surface area contributed by atoms with E-state index in [2.05, 4.69) is 15.5 Å². The summed E-state index contributed by atoms with van der Waals surface area (Å²) in [6, 6.07) is 5.57. The number of aryl methyl sites for hydroxylation is 1. The summed E-state index contributed by atoms with van der Waals surface area (Å²) < 4.78 is 5.12. The minimum absolute atomic E-state index is 0.0122. The van der Waals surface area contributed by atoms with Crippen LogP contribution in [0.5, 0.6) is 5.75 Å². The quantitative estimate of drug-likeness (QED) is 0.869. The van der Waals surface area contributed by atoms with Crippen molar-refractivity contribution in [3.63, 3.8) is 0 Å². The first-order chi connectivity index (χ1) is 8.52. The Morgan fingerprint density at radius 3 is 2.72 bits per heavy atom. The number of benzene rings is 1. The molecule has 0 aromatic heterocycles. The van der Waals surface area contributed by atoms with Gasteiger partial charge in [0.15, 0.2) is 5.66 Å². The molecule has 1 aliphatic rings. The largest absolute Gasteiger partial charge is 0.497 e. The molecule has 1 aromatic carbocycles. The zero-order valence-electron chi connectivity index (χ0n) is 10.9. The van der Waals surface area contributed by atoms with Crippen LogP contribution in [-0.4, -0.2) is 18.7 Å². The molecule has 0 bridgehead atoms. The molecule has 0 saturated carbocycles. The number of ether oxygens (including phenoxy) is 1. The fourth-order valence-electron chi connectivity index (χ4n) is 1.65. The first kappa shape index (κ1) is 12.5. The van der Waals surface area contributed by atoms with Crippen molar-refractivity contribution in [3.8, 4) is 5.75 Å². The van der Waals surface area contributed by atoms with Crippen LogP contribution in [0.1, 0.15) is 25.3 Å². The molecular weight excluding hydrogens is 230 g/mol. The summed E-state index contributed by atoms with van der Waals surface area (Å²) in [6.07, 6.45) is 1.09. The van der Waals surface area contributed by atoms with Crippen molar-refractivity contribution < 1.29 is 9.53 Å². The van der Waals surface area contributed by atoms with Gasteiger partial charge in [0.25, 0.3) is 0 Å². The predicted molar refractivity (Wildman–Crippen MR) is 68.9 cm³/mol. The molecule has 1 N–H and O–H groups in total. The highest BCUT2D eigenvalue weighted by atomic mass is 16.5. The van der Waals surface area contributed by atoms with Crippen molar-refractivity contribution in [3.05, 3.63) is 23.8 Å². The molecule has 1 amide bonds. The average Bonchev–Trinajstić information content (AvgIpc) is 3.08. The van der Waals surface area contributed by atoms with Gasteiger partial charge in [-0.2, -0.15) is 10.2 Å². The zero-order chi connectivity index (χ0) is 13.2. The van der Waals surface area contributed by atoms with Crippen LogP contribution in [-0.2, 0) is 4.79 Å². The molecule has 1 heterocycles. The Kier molecular flexibility index (Phi) is 3.32. The number of nitrogens with one attached hydrogen (secondary N) is 1. The summed E-state index contributed by atoms with van der Waals surface area (Å²) in [5, 5.41) is 10.6. The summed E-state index contributed by atoms with van der Waals surface area (Å²) in [5.41, 5.74) is 1.48. The van der Waals surface area contributed by atoms with Crippen LogP contribution in [0.15, 0.2) is 28.4 Å².